The molecule has 0 N–H and O–H groups in total. The zero-order chi connectivity index (χ0) is 18.3. The first kappa shape index (κ1) is 25.8. The second-order valence-corrected chi connectivity index (χ2v) is 11.7. The first-order chi connectivity index (χ1) is 11.3. The average Bonchev–Trinajstić information content (AvgIpc) is 3.07. The molecule has 0 heterocycles. The van der Waals surface area contributed by atoms with Gasteiger partial charge in [-0.05, 0) is 0 Å². The molecule has 0 saturated heterocycles. The molecule has 0 fully saturated rings. The molecular weight excluding hydrogens is 499 g/mol. The van der Waals surface area contributed by atoms with Crippen LogP contribution in [-0.2, 0) is 21.1 Å². The van der Waals surface area contributed by atoms with Crippen LogP contribution in [0, 0.1) is 26.5 Å². The standard InChI is InChI=1S/2C7H7.C5H5.C4H11Si.Pt/c2*1-7-5-3-2-4-6-7;1-2-4-5-3-1;1-5(2,3)4;/h2*2-6H,1H2;1-3H,4H2;1H2,2-4H3;/q4*-1;+4. The Morgan fingerprint density at radius 1 is 0.800 bits per heavy atom. The van der Waals surface area contributed by atoms with Crippen molar-refractivity contribution in [2.24, 2.45) is 0 Å². The average molecular weight is 530 g/mol. The van der Waals surface area contributed by atoms with Crippen LogP contribution in [0.5, 0.6) is 0 Å². The summed E-state index contributed by atoms with van der Waals surface area (Å²) in [5, 5.41) is 0. The Bertz CT molecular complexity index is 513. The topological polar surface area (TPSA) is 0 Å². The first-order valence-corrected chi connectivity index (χ1v) is 11.8. The fraction of sp³-hybridized carbons (Fsp3) is 0.174. The molecule has 2 aromatic rings. The van der Waals surface area contributed by atoms with Crippen LogP contribution in [0.25, 0.3) is 0 Å². The molecule has 3 rings (SSSR count). The summed E-state index contributed by atoms with van der Waals surface area (Å²) in [6.07, 6.45) is 10.0. The zero-order valence-corrected chi connectivity index (χ0v) is 18.9. The third-order valence-corrected chi connectivity index (χ3v) is 2.27. The van der Waals surface area contributed by atoms with E-state index in [2.05, 4.69) is 52.2 Å². The van der Waals surface area contributed by atoms with Gasteiger partial charge in [0.2, 0.25) is 0 Å². The number of hydrogen-bond donors (Lipinski definition) is 0. The van der Waals surface area contributed by atoms with Crippen molar-refractivity contribution in [3.63, 3.8) is 0 Å². The number of rotatable bonds is 0. The third kappa shape index (κ3) is 24.9. The van der Waals surface area contributed by atoms with Crippen LogP contribution in [0.1, 0.15) is 17.5 Å². The Balaban J connectivity index is 0. The van der Waals surface area contributed by atoms with Gasteiger partial charge in [0.15, 0.2) is 0 Å². The van der Waals surface area contributed by atoms with E-state index in [-0.39, 0.29) is 21.1 Å². The summed E-state index contributed by atoms with van der Waals surface area (Å²) in [5.41, 5.74) is 2.14. The molecule has 0 saturated carbocycles. The maximum atomic E-state index is 3.91. The molecule has 0 radical (unpaired) electrons. The molecule has 2 heteroatoms. The molecular formula is C23H30PtSi. The van der Waals surface area contributed by atoms with Gasteiger partial charge < -0.3 is 6.55 Å². The van der Waals surface area contributed by atoms with E-state index in [0.717, 1.165) is 17.5 Å². The molecule has 0 aromatic heterocycles. The molecule has 136 valence electrons. The van der Waals surface area contributed by atoms with E-state index in [0.29, 0.717) is 0 Å². The van der Waals surface area contributed by atoms with E-state index in [1.165, 1.54) is 0 Å². The van der Waals surface area contributed by atoms with Crippen molar-refractivity contribution in [2.75, 3.05) is 0 Å². The van der Waals surface area contributed by atoms with Crippen molar-refractivity contribution in [3.8, 4) is 0 Å². The Morgan fingerprint density at radius 3 is 1.28 bits per heavy atom. The van der Waals surface area contributed by atoms with Crippen LogP contribution < -0.4 is 0 Å². The van der Waals surface area contributed by atoms with Gasteiger partial charge in [0, 0.05) is 0 Å². The van der Waals surface area contributed by atoms with E-state index in [1.54, 1.807) is 0 Å². The van der Waals surface area contributed by atoms with E-state index in [4.69, 9.17) is 0 Å². The second-order valence-electron chi connectivity index (χ2n) is 6.53. The van der Waals surface area contributed by atoms with Crippen LogP contribution in [0.3, 0.4) is 0 Å². The van der Waals surface area contributed by atoms with Crippen molar-refractivity contribution >= 4 is 8.07 Å². The van der Waals surface area contributed by atoms with Crippen molar-refractivity contribution in [2.45, 2.75) is 26.1 Å². The van der Waals surface area contributed by atoms with Gasteiger partial charge in [0.1, 0.15) is 0 Å². The summed E-state index contributed by atoms with van der Waals surface area (Å²) in [7, 11) is -0.861. The predicted octanol–water partition coefficient (Wildman–Crippen LogP) is 6.74. The van der Waals surface area contributed by atoms with Gasteiger partial charge in [0.05, 0.1) is 0 Å². The quantitative estimate of drug-likeness (QED) is 0.262. The van der Waals surface area contributed by atoms with E-state index in [9.17, 15) is 0 Å². The molecule has 0 atom stereocenters. The van der Waals surface area contributed by atoms with E-state index < -0.39 is 8.07 Å². The van der Waals surface area contributed by atoms with Gasteiger partial charge in [-0.15, -0.1) is 38.8 Å². The second kappa shape index (κ2) is 16.1. The molecule has 0 amide bonds. The molecule has 1 aliphatic carbocycles. The van der Waals surface area contributed by atoms with Crippen molar-refractivity contribution in [1.82, 2.24) is 0 Å². The Kier molecular flexibility index (Phi) is 16.6. The molecule has 0 unspecified atom stereocenters. The van der Waals surface area contributed by atoms with Gasteiger partial charge in [0.25, 0.3) is 0 Å². The van der Waals surface area contributed by atoms with Crippen LogP contribution >= 0.6 is 0 Å². The summed E-state index contributed by atoms with van der Waals surface area (Å²) in [6, 6.07) is 19.7. The van der Waals surface area contributed by atoms with Gasteiger partial charge in [-0.1, -0.05) is 31.8 Å². The molecule has 0 aliphatic heterocycles. The SMILES string of the molecule is [C-]1=CC=CC1.[CH2-][Si](C)(C)C.[CH2-]c1ccccc1.[CH2-]c1ccccc1.[Pt+4]. The Labute approximate surface area is 171 Å². The fourth-order valence-corrected chi connectivity index (χ4v) is 1.30. The summed E-state index contributed by atoms with van der Waals surface area (Å²) in [6.45, 7) is 18.0. The van der Waals surface area contributed by atoms with E-state index >= 15 is 0 Å². The maximum Gasteiger partial charge on any atom is 4.00 e. The molecule has 25 heavy (non-hydrogen) atoms. The minimum atomic E-state index is -0.861. The minimum Gasteiger partial charge on any atom is -0.342 e. The number of hydrogen-bond acceptors (Lipinski definition) is 0. The molecule has 0 bridgehead atoms. The van der Waals surface area contributed by atoms with Crippen molar-refractivity contribution in [1.29, 1.82) is 0 Å². The van der Waals surface area contributed by atoms with E-state index in [1.807, 2.05) is 72.8 Å². The largest absolute Gasteiger partial charge is 4.00 e. The summed E-state index contributed by atoms with van der Waals surface area (Å²) in [5.74, 6) is 0. The third-order valence-electron chi connectivity index (χ3n) is 2.27. The van der Waals surface area contributed by atoms with Gasteiger partial charge in [-0.25, -0.2) is 12.2 Å². The summed E-state index contributed by atoms with van der Waals surface area (Å²) < 4.78 is 0. The first-order valence-electron chi connectivity index (χ1n) is 8.10. The van der Waals surface area contributed by atoms with Crippen LogP contribution in [0.15, 0.2) is 78.9 Å². The van der Waals surface area contributed by atoms with Crippen molar-refractivity contribution in [3.05, 3.63) is 116 Å². The van der Waals surface area contributed by atoms with Gasteiger partial charge >= 0.3 is 21.1 Å². The zero-order valence-electron chi connectivity index (χ0n) is 15.7. The van der Waals surface area contributed by atoms with Crippen molar-refractivity contribution < 1.29 is 21.1 Å². The summed E-state index contributed by atoms with van der Waals surface area (Å²) >= 11 is 0. The Hall–Kier alpha value is -1.43. The van der Waals surface area contributed by atoms with Gasteiger partial charge in [-0.2, -0.15) is 55.3 Å². The smallest absolute Gasteiger partial charge is 0.342 e. The molecule has 0 nitrogen and oxygen atoms in total. The molecule has 1 aliphatic rings. The number of benzene rings is 2. The molecule has 2 aromatic carbocycles. The summed E-state index contributed by atoms with van der Waals surface area (Å²) in [4.78, 5) is 0. The van der Waals surface area contributed by atoms with Gasteiger partial charge in [-0.3, -0.25) is 6.08 Å². The fourth-order valence-electron chi connectivity index (χ4n) is 1.30. The maximum absolute atomic E-state index is 3.91. The monoisotopic (exact) mass is 529 g/mol. The van der Waals surface area contributed by atoms with Crippen LogP contribution in [0.2, 0.25) is 19.6 Å². The minimum absolute atomic E-state index is 0. The predicted molar refractivity (Wildman–Crippen MR) is 112 cm³/mol. The molecule has 0 spiro atoms. The van der Waals surface area contributed by atoms with Crippen LogP contribution in [0.4, 0.5) is 0 Å². The Morgan fingerprint density at radius 2 is 1.16 bits per heavy atom. The normalized spacial score (nSPS) is 10.7. The van der Waals surface area contributed by atoms with Crippen LogP contribution in [-0.4, -0.2) is 8.07 Å². The number of allylic oxidation sites excluding steroid dienone is 4.